The number of β-amino-alcohol motifs (C(OH)–C–C–N with tert-alkyl or cyclic N) is 2. The number of aliphatic hydroxyl groups is 4. The summed E-state index contributed by atoms with van der Waals surface area (Å²) in [5.41, 5.74) is 8.43. The lowest BCUT2D eigenvalue weighted by molar-refractivity contribution is -0.698. The Morgan fingerprint density at radius 1 is 0.364 bits per heavy atom. The van der Waals surface area contributed by atoms with Gasteiger partial charge < -0.3 is 105 Å². The average Bonchev–Trinajstić information content (AvgIpc) is 3.41. The summed E-state index contributed by atoms with van der Waals surface area (Å²) in [6.45, 7) is 3.01. The van der Waals surface area contributed by atoms with Crippen LogP contribution in [-0.4, -0.2) is 108 Å². The number of aromatic nitrogens is 2. The number of phenolic OH excluding ortho intramolecular Hbond substituents is 2. The number of aliphatic hydroxyl groups excluding tert-OH is 4. The van der Waals surface area contributed by atoms with Crippen LogP contribution in [0, 0.1) is 0 Å². The fraction of sp³-hybridized carbons (Fsp3) is 0.133. The van der Waals surface area contributed by atoms with Crippen LogP contribution in [0.25, 0.3) is 24.3 Å². The van der Waals surface area contributed by atoms with Crippen molar-refractivity contribution in [3.8, 4) is 11.5 Å². The Labute approximate surface area is 484 Å². The van der Waals surface area contributed by atoms with Gasteiger partial charge in [0.15, 0.2) is 49.4 Å². The molecule has 4 heterocycles. The van der Waals surface area contributed by atoms with Crippen LogP contribution in [0.1, 0.15) is 22.3 Å². The number of benzene rings is 2. The Morgan fingerprint density at radius 3 is 0.883 bits per heavy atom. The van der Waals surface area contributed by atoms with Gasteiger partial charge in [0.25, 0.3) is 0 Å². The molecule has 2 aliphatic carbocycles. The number of phenols is 2. The predicted octanol–water partition coefficient (Wildman–Crippen LogP) is -1.04. The second-order valence-corrected chi connectivity index (χ2v) is 16.0. The van der Waals surface area contributed by atoms with E-state index in [4.69, 9.17) is 20.4 Å². The quantitative estimate of drug-likeness (QED) is 0.0660. The van der Waals surface area contributed by atoms with Crippen LogP contribution >= 0.6 is 0 Å². The number of carbonyl (C=O) groups is 2. The molecule has 2 aliphatic heterocycles. The first kappa shape index (κ1) is 69.8. The van der Waals surface area contributed by atoms with E-state index in [1.165, 1.54) is 0 Å². The van der Waals surface area contributed by atoms with Gasteiger partial charge in [0, 0.05) is 62.2 Å². The van der Waals surface area contributed by atoms with Gasteiger partial charge >= 0.3 is 0 Å². The van der Waals surface area contributed by atoms with Crippen molar-refractivity contribution >= 4 is 35.9 Å². The van der Waals surface area contributed by atoms with Gasteiger partial charge in [-0.2, -0.15) is 0 Å². The Balaban J connectivity index is 0.000000979. The maximum atomic E-state index is 10.9. The number of hydrogen-bond donors (Lipinski definition) is 6. The lowest BCUT2D eigenvalue weighted by Crippen LogP contribution is -3.00. The third kappa shape index (κ3) is 28.0. The minimum Gasteiger partial charge on any atom is -1.00 e. The van der Waals surface area contributed by atoms with Gasteiger partial charge in [-0.3, -0.25) is 9.59 Å². The molecule has 12 N–H and O–H groups in total. The molecule has 408 valence electrons. The van der Waals surface area contributed by atoms with E-state index in [2.05, 4.69) is 0 Å². The molecule has 77 heavy (non-hydrogen) atoms. The highest BCUT2D eigenvalue weighted by Gasteiger charge is 2.03. The Bertz CT molecular complexity index is 2580. The second kappa shape index (κ2) is 40.1. The minimum atomic E-state index is 0. The first-order valence-electron chi connectivity index (χ1n) is 23.4. The maximum Gasteiger partial charge on any atom is 0.178 e. The molecule has 0 radical (unpaired) electrons. The van der Waals surface area contributed by atoms with Gasteiger partial charge in [-0.15, -0.1) is 0 Å². The topological polar surface area (TPSA) is 264 Å². The summed E-state index contributed by atoms with van der Waals surface area (Å²) in [6, 6.07) is 22.1. The van der Waals surface area contributed by atoms with Crippen molar-refractivity contribution in [1.29, 1.82) is 0 Å². The van der Waals surface area contributed by atoms with Crippen LogP contribution in [0.3, 0.4) is 0 Å². The van der Waals surface area contributed by atoms with E-state index in [0.717, 1.165) is 44.5 Å². The highest BCUT2D eigenvalue weighted by molar-refractivity contribution is 6.01. The zero-order valence-electron chi connectivity index (χ0n) is 42.3. The van der Waals surface area contributed by atoms with Gasteiger partial charge in [-0.05, 0) is 117 Å². The van der Waals surface area contributed by atoms with Gasteiger partial charge in [0.2, 0.25) is 0 Å². The van der Waals surface area contributed by atoms with Gasteiger partial charge in [-0.25, -0.2) is 9.13 Å². The molecule has 4 aliphatic rings. The molecule has 2 aromatic heterocycles. The molecule has 2 aromatic carbocycles. The lowest BCUT2D eigenvalue weighted by Gasteiger charge is -2.16. The van der Waals surface area contributed by atoms with Crippen LogP contribution in [0.15, 0.2) is 242 Å². The smallest absolute Gasteiger partial charge is 0.178 e. The zero-order chi connectivity index (χ0) is 51.2. The number of pyridine rings is 2. The number of ketones is 2. The van der Waals surface area contributed by atoms with Gasteiger partial charge in [0.05, 0.1) is 13.2 Å². The van der Waals surface area contributed by atoms with Gasteiger partial charge in [0.1, 0.15) is 24.7 Å². The van der Waals surface area contributed by atoms with Crippen molar-refractivity contribution in [2.45, 2.75) is 13.1 Å². The molecule has 0 amide bonds. The van der Waals surface area contributed by atoms with E-state index >= 15 is 0 Å². The number of halogens is 2. The van der Waals surface area contributed by atoms with Crippen molar-refractivity contribution in [3.05, 3.63) is 264 Å². The molecule has 0 spiro atoms. The predicted molar refractivity (Wildman–Crippen MR) is 295 cm³/mol. The Hall–Kier alpha value is -7.18. The highest BCUT2D eigenvalue weighted by atomic mass is 127. The molecule has 8 rings (SSSR count). The molecule has 17 heteroatoms. The Morgan fingerprint density at radius 2 is 0.623 bits per heavy atom. The molecule has 4 aromatic rings. The summed E-state index contributed by atoms with van der Waals surface area (Å²) >= 11 is 0. The van der Waals surface area contributed by atoms with E-state index in [1.54, 1.807) is 72.9 Å². The zero-order valence-corrected chi connectivity index (χ0v) is 46.6. The number of nitrogens with zero attached hydrogens (tertiary/aromatic N) is 4. The Kier molecular flexibility index (Phi) is 36.4. The fourth-order valence-corrected chi connectivity index (χ4v) is 6.48. The van der Waals surface area contributed by atoms with E-state index < -0.39 is 0 Å². The van der Waals surface area contributed by atoms with Crippen LogP contribution in [0.4, 0.5) is 0 Å². The number of aromatic hydroxyl groups is 2. The third-order valence-electron chi connectivity index (χ3n) is 10.5. The second-order valence-electron chi connectivity index (χ2n) is 16.0. The number of hydrogen-bond acceptors (Lipinski definition) is 10. The first-order valence-corrected chi connectivity index (χ1v) is 23.4. The van der Waals surface area contributed by atoms with Crippen molar-refractivity contribution < 1.29 is 114 Å². The van der Waals surface area contributed by atoms with Crippen molar-refractivity contribution in [1.82, 2.24) is 9.80 Å². The number of carbonyl (C=O) groups excluding carboxylic acids is 2. The van der Waals surface area contributed by atoms with Crippen LogP contribution in [0.5, 0.6) is 11.5 Å². The molecular weight excluding hydrogens is 1210 g/mol. The molecule has 0 bridgehead atoms. The normalized spacial score (nSPS) is 13.4. The van der Waals surface area contributed by atoms with Gasteiger partial charge in [-0.1, -0.05) is 97.2 Å². The number of rotatable bonds is 14. The lowest BCUT2D eigenvalue weighted by atomic mass is 10.1. The summed E-state index contributed by atoms with van der Waals surface area (Å²) < 4.78 is 3.86. The summed E-state index contributed by atoms with van der Waals surface area (Å²) in [5.74, 6) is 0.600. The van der Waals surface area contributed by atoms with Crippen LogP contribution < -0.4 is 57.1 Å². The molecule has 0 saturated carbocycles. The summed E-state index contributed by atoms with van der Waals surface area (Å²) in [4.78, 5) is 25.7. The SMILES string of the molecule is O.O.O.O=C1C=CC(=CC=C2C=CN(CCO)C=C2)C=C1.O=C1C=CC(=CC=C2C=CN(CCO)C=C2)C=C1.OCC[n+]1ccc(/C=C/c2ccc(O)cc2)cc1.OCC[n+]1ccc(/C=C/c2ccc(O)cc2)cc1.[I-].[I-]. The summed E-state index contributed by atoms with van der Waals surface area (Å²) in [5, 5.41) is 53.6. The van der Waals surface area contributed by atoms with E-state index in [9.17, 15) is 19.8 Å². The molecule has 0 unspecified atom stereocenters. The monoisotopic (exact) mass is 1270 g/mol. The molecule has 15 nitrogen and oxygen atoms in total. The van der Waals surface area contributed by atoms with Crippen molar-refractivity contribution in [2.75, 3.05) is 39.5 Å². The summed E-state index contributed by atoms with van der Waals surface area (Å²) in [6.07, 6.45) is 52.7. The van der Waals surface area contributed by atoms with Crippen molar-refractivity contribution in [3.63, 3.8) is 0 Å². The van der Waals surface area contributed by atoms with E-state index in [0.29, 0.717) is 26.2 Å². The standard InChI is InChI=1S/4C15H15NO2.2HI.3H2O/c4*17-12-11-16-9-7-14(8-10-16)2-1-13-3-5-15(18)6-4-13;;;;;/h4*1-10,17H,11-12H2;2*1H;3*1H2. The minimum absolute atomic E-state index is 0. The molecule has 0 fully saturated rings. The fourth-order valence-electron chi connectivity index (χ4n) is 6.48. The van der Waals surface area contributed by atoms with E-state index in [1.807, 2.05) is 190 Å². The highest BCUT2D eigenvalue weighted by Crippen LogP contribution is 2.16. The molecular formula is C60H68I2N4O11. The van der Waals surface area contributed by atoms with E-state index in [-0.39, 0.29) is 114 Å². The van der Waals surface area contributed by atoms with Crippen LogP contribution in [-0.2, 0) is 22.7 Å². The average molecular weight is 1280 g/mol. The first-order chi connectivity index (χ1) is 35.1. The third-order valence-corrected chi connectivity index (χ3v) is 10.5. The summed E-state index contributed by atoms with van der Waals surface area (Å²) in [7, 11) is 0. The maximum absolute atomic E-state index is 10.9. The molecule has 0 atom stereocenters. The van der Waals surface area contributed by atoms with Crippen LogP contribution in [0.2, 0.25) is 0 Å². The largest absolute Gasteiger partial charge is 1.00 e. The van der Waals surface area contributed by atoms with Crippen molar-refractivity contribution in [2.24, 2.45) is 0 Å². The molecule has 0 saturated heterocycles. The number of allylic oxidation sites excluding steroid dienone is 20.